The molecule has 0 radical (unpaired) electrons. The molecule has 1 heterocycles. The average molecular weight is 268 g/mol. The lowest BCUT2D eigenvalue weighted by atomic mass is 10.3. The molecule has 0 saturated heterocycles. The van der Waals surface area contributed by atoms with Crippen molar-refractivity contribution in [1.82, 2.24) is 14.9 Å². The minimum atomic E-state index is 0.655. The molecular weight excluding hydrogens is 244 g/mol. The van der Waals surface area contributed by atoms with E-state index in [4.69, 9.17) is 10.6 Å². The molecule has 0 aromatic carbocycles. The summed E-state index contributed by atoms with van der Waals surface area (Å²) in [7, 11) is 3.77. The number of ether oxygens (including phenoxy) is 1. The van der Waals surface area contributed by atoms with Crippen molar-refractivity contribution in [3.05, 3.63) is 11.4 Å². The molecule has 0 spiro atoms. The molecule has 7 heteroatoms. The second-order valence-electron chi connectivity index (χ2n) is 4.46. The highest BCUT2D eigenvalue weighted by Gasteiger charge is 2.08. The number of aryl methyl sites for hydroxylation is 1. The lowest BCUT2D eigenvalue weighted by Gasteiger charge is -2.17. The third-order valence-electron chi connectivity index (χ3n) is 2.86. The van der Waals surface area contributed by atoms with Gasteiger partial charge in [0.1, 0.15) is 17.5 Å². The molecule has 108 valence electrons. The summed E-state index contributed by atoms with van der Waals surface area (Å²) in [5.41, 5.74) is 3.51. The van der Waals surface area contributed by atoms with E-state index in [0.717, 1.165) is 37.6 Å². The van der Waals surface area contributed by atoms with Crippen molar-refractivity contribution in [2.24, 2.45) is 5.84 Å². The largest absolute Gasteiger partial charge is 0.383 e. The molecule has 0 atom stereocenters. The Balaban J connectivity index is 2.51. The fraction of sp³-hybridized carbons (Fsp3) is 0.667. The Bertz CT molecular complexity index is 398. The normalized spacial score (nSPS) is 10.8. The summed E-state index contributed by atoms with van der Waals surface area (Å²) in [4.78, 5) is 10.8. The lowest BCUT2D eigenvalue weighted by molar-refractivity contribution is 0.163. The Kier molecular flexibility index (Phi) is 6.48. The quantitative estimate of drug-likeness (QED) is 0.463. The number of nitrogen functional groups attached to an aromatic ring is 1. The van der Waals surface area contributed by atoms with Crippen molar-refractivity contribution in [2.45, 2.75) is 13.8 Å². The van der Waals surface area contributed by atoms with Gasteiger partial charge < -0.3 is 20.4 Å². The molecule has 1 aromatic rings. The molecular formula is C12H24N6O. The van der Waals surface area contributed by atoms with E-state index in [1.54, 1.807) is 7.11 Å². The van der Waals surface area contributed by atoms with Gasteiger partial charge in [-0.3, -0.25) is 0 Å². The van der Waals surface area contributed by atoms with E-state index in [-0.39, 0.29) is 0 Å². The van der Waals surface area contributed by atoms with Crippen LogP contribution in [0, 0.1) is 13.8 Å². The molecule has 1 aromatic heterocycles. The van der Waals surface area contributed by atoms with E-state index in [9.17, 15) is 0 Å². The van der Waals surface area contributed by atoms with Gasteiger partial charge in [-0.15, -0.1) is 0 Å². The summed E-state index contributed by atoms with van der Waals surface area (Å²) in [6.45, 7) is 7.15. The van der Waals surface area contributed by atoms with Gasteiger partial charge in [-0.1, -0.05) is 0 Å². The van der Waals surface area contributed by atoms with E-state index in [2.05, 4.69) is 32.7 Å². The monoisotopic (exact) mass is 268 g/mol. The van der Waals surface area contributed by atoms with Crippen LogP contribution in [-0.2, 0) is 4.74 Å². The Morgan fingerprint density at radius 3 is 2.53 bits per heavy atom. The number of aromatic nitrogens is 2. The number of likely N-dealkylation sites (N-methyl/N-ethyl adjacent to an activating group) is 1. The maximum absolute atomic E-state index is 5.43. The predicted molar refractivity (Wildman–Crippen MR) is 77.2 cm³/mol. The minimum absolute atomic E-state index is 0.655. The SMILES string of the molecule is COCCN(C)CCNc1nc(C)nc(NN)c1C. The van der Waals surface area contributed by atoms with Gasteiger partial charge in [0.05, 0.1) is 6.61 Å². The standard InChI is InChI=1S/C12H24N6O/c1-9-11(15-10(2)16-12(9)17-13)14-5-6-18(3)7-8-19-4/h5-8,13H2,1-4H3,(H2,14,15,16,17). The minimum Gasteiger partial charge on any atom is -0.383 e. The molecule has 4 N–H and O–H groups in total. The summed E-state index contributed by atoms with van der Waals surface area (Å²) in [6.07, 6.45) is 0. The van der Waals surface area contributed by atoms with Gasteiger partial charge in [-0.05, 0) is 20.9 Å². The van der Waals surface area contributed by atoms with Crippen LogP contribution >= 0.6 is 0 Å². The maximum atomic E-state index is 5.43. The number of nitrogens with two attached hydrogens (primary N) is 1. The number of anilines is 2. The highest BCUT2D eigenvalue weighted by molar-refractivity contribution is 5.56. The highest BCUT2D eigenvalue weighted by Crippen LogP contribution is 2.18. The molecule has 0 bridgehead atoms. The third-order valence-corrected chi connectivity index (χ3v) is 2.86. The highest BCUT2D eigenvalue weighted by atomic mass is 16.5. The first kappa shape index (κ1) is 15.6. The third kappa shape index (κ3) is 4.98. The summed E-state index contributed by atoms with van der Waals surface area (Å²) in [5.74, 6) is 7.59. The Morgan fingerprint density at radius 1 is 1.21 bits per heavy atom. The Labute approximate surface area is 114 Å². The molecule has 0 fully saturated rings. The zero-order chi connectivity index (χ0) is 14.3. The smallest absolute Gasteiger partial charge is 0.148 e. The number of nitrogens with zero attached hydrogens (tertiary/aromatic N) is 3. The van der Waals surface area contributed by atoms with Crippen LogP contribution in [0.25, 0.3) is 0 Å². The van der Waals surface area contributed by atoms with Crippen LogP contribution in [0.4, 0.5) is 11.6 Å². The van der Waals surface area contributed by atoms with E-state index >= 15 is 0 Å². The van der Waals surface area contributed by atoms with Crippen molar-refractivity contribution in [3.63, 3.8) is 0 Å². The fourth-order valence-electron chi connectivity index (χ4n) is 1.67. The first-order valence-electron chi connectivity index (χ1n) is 6.31. The number of rotatable bonds is 8. The summed E-state index contributed by atoms with van der Waals surface area (Å²) >= 11 is 0. The van der Waals surface area contributed by atoms with E-state index in [0.29, 0.717) is 11.6 Å². The molecule has 0 aliphatic heterocycles. The van der Waals surface area contributed by atoms with Gasteiger partial charge in [0.2, 0.25) is 0 Å². The Hall–Kier alpha value is -1.44. The first-order chi connectivity index (χ1) is 9.08. The molecule has 7 nitrogen and oxygen atoms in total. The number of hydrazine groups is 1. The fourth-order valence-corrected chi connectivity index (χ4v) is 1.67. The summed E-state index contributed by atoms with van der Waals surface area (Å²) in [6, 6.07) is 0. The van der Waals surface area contributed by atoms with Crippen LogP contribution < -0.4 is 16.6 Å². The second-order valence-corrected chi connectivity index (χ2v) is 4.46. The van der Waals surface area contributed by atoms with E-state index in [1.165, 1.54) is 0 Å². The van der Waals surface area contributed by atoms with Gasteiger partial charge in [0, 0.05) is 32.3 Å². The average Bonchev–Trinajstić information content (AvgIpc) is 2.39. The van der Waals surface area contributed by atoms with Crippen molar-refractivity contribution in [1.29, 1.82) is 0 Å². The Morgan fingerprint density at radius 2 is 1.89 bits per heavy atom. The molecule has 0 unspecified atom stereocenters. The van der Waals surface area contributed by atoms with Crippen LogP contribution in [0.2, 0.25) is 0 Å². The number of methoxy groups -OCH3 is 1. The second kappa shape index (κ2) is 7.88. The number of hydrogen-bond acceptors (Lipinski definition) is 7. The molecule has 1 rings (SSSR count). The molecule has 0 saturated carbocycles. The molecule has 0 aliphatic carbocycles. The lowest BCUT2D eigenvalue weighted by Crippen LogP contribution is -2.28. The summed E-state index contributed by atoms with van der Waals surface area (Å²) < 4.78 is 5.04. The van der Waals surface area contributed by atoms with E-state index in [1.807, 2.05) is 13.8 Å². The molecule has 0 aliphatic rings. The summed E-state index contributed by atoms with van der Waals surface area (Å²) in [5, 5.41) is 3.31. The van der Waals surface area contributed by atoms with Crippen LogP contribution in [0.3, 0.4) is 0 Å². The molecule has 0 amide bonds. The van der Waals surface area contributed by atoms with Gasteiger partial charge in [-0.25, -0.2) is 15.8 Å². The maximum Gasteiger partial charge on any atom is 0.148 e. The van der Waals surface area contributed by atoms with Crippen molar-refractivity contribution in [3.8, 4) is 0 Å². The van der Waals surface area contributed by atoms with Crippen molar-refractivity contribution in [2.75, 3.05) is 51.1 Å². The zero-order valence-electron chi connectivity index (χ0n) is 12.2. The van der Waals surface area contributed by atoms with Gasteiger partial charge in [0.25, 0.3) is 0 Å². The first-order valence-corrected chi connectivity index (χ1v) is 6.31. The van der Waals surface area contributed by atoms with Crippen molar-refractivity contribution < 1.29 is 4.74 Å². The predicted octanol–water partition coefficient (Wildman–Crippen LogP) is 0.369. The van der Waals surface area contributed by atoms with Gasteiger partial charge in [-0.2, -0.15) is 0 Å². The van der Waals surface area contributed by atoms with Gasteiger partial charge in [0.15, 0.2) is 0 Å². The number of nitrogens with one attached hydrogen (secondary N) is 2. The van der Waals surface area contributed by atoms with Crippen molar-refractivity contribution >= 4 is 11.6 Å². The van der Waals surface area contributed by atoms with E-state index < -0.39 is 0 Å². The van der Waals surface area contributed by atoms with Crippen LogP contribution in [0.15, 0.2) is 0 Å². The topological polar surface area (TPSA) is 88.3 Å². The molecule has 19 heavy (non-hydrogen) atoms. The zero-order valence-corrected chi connectivity index (χ0v) is 12.2. The van der Waals surface area contributed by atoms with Crippen LogP contribution in [0.5, 0.6) is 0 Å². The van der Waals surface area contributed by atoms with Crippen LogP contribution in [0.1, 0.15) is 11.4 Å². The van der Waals surface area contributed by atoms with Crippen LogP contribution in [-0.4, -0.2) is 55.3 Å². The number of hydrogen-bond donors (Lipinski definition) is 3. The van der Waals surface area contributed by atoms with Gasteiger partial charge >= 0.3 is 0 Å².